The molecular formula is C27H22Cl2N4O5. The number of hydrogen-bond acceptors (Lipinski definition) is 8. The average Bonchev–Trinajstić information content (AvgIpc) is 3.53. The smallest absolute Gasteiger partial charge is 0.196 e. The number of hydrogen-bond donors (Lipinski definition) is 3. The van der Waals surface area contributed by atoms with E-state index in [0.717, 1.165) is 18.2 Å². The number of fused-ring (bicyclic) bond motifs is 2. The van der Waals surface area contributed by atoms with Crippen molar-refractivity contribution in [2.45, 2.75) is 25.0 Å². The third-order valence-electron chi connectivity index (χ3n) is 6.52. The minimum absolute atomic E-state index is 0.00158. The van der Waals surface area contributed by atoms with Gasteiger partial charge >= 0.3 is 0 Å². The molecule has 0 amide bonds. The van der Waals surface area contributed by atoms with Gasteiger partial charge in [0.1, 0.15) is 23.5 Å². The van der Waals surface area contributed by atoms with Crippen LogP contribution in [0.2, 0.25) is 10.2 Å². The molecular weight excluding hydrogens is 531 g/mol. The molecule has 1 aliphatic heterocycles. The highest BCUT2D eigenvalue weighted by Crippen LogP contribution is 2.36. The molecule has 9 nitrogen and oxygen atoms in total. The Morgan fingerprint density at radius 1 is 1.16 bits per heavy atom. The second-order valence-corrected chi connectivity index (χ2v) is 9.78. The molecule has 2 atom stereocenters. The SMILES string of the molecule is O=C(c1ccc(Oc2cccc3cc(Cl)oc23)cc1Cl)c1c[nH]c2ncnc(N[C@@H]3CC[C@@H](CO)OC3)c12. The lowest BCUT2D eigenvalue weighted by atomic mass is 10.0. The van der Waals surface area contributed by atoms with Crippen LogP contribution in [0.4, 0.5) is 5.82 Å². The van der Waals surface area contributed by atoms with Gasteiger partial charge in [0.15, 0.2) is 22.3 Å². The predicted molar refractivity (Wildman–Crippen MR) is 144 cm³/mol. The van der Waals surface area contributed by atoms with E-state index in [1.165, 1.54) is 6.33 Å². The predicted octanol–water partition coefficient (Wildman–Crippen LogP) is 5.99. The molecule has 0 spiro atoms. The van der Waals surface area contributed by atoms with Crippen molar-refractivity contribution in [3.8, 4) is 11.5 Å². The molecule has 4 heterocycles. The number of rotatable bonds is 7. The van der Waals surface area contributed by atoms with Gasteiger partial charge in [0.05, 0.1) is 41.3 Å². The molecule has 0 unspecified atom stereocenters. The number of benzene rings is 2. The Morgan fingerprint density at radius 3 is 2.84 bits per heavy atom. The lowest BCUT2D eigenvalue weighted by Gasteiger charge is -2.29. The van der Waals surface area contributed by atoms with Gasteiger partial charge in [-0.05, 0) is 42.6 Å². The number of anilines is 1. The van der Waals surface area contributed by atoms with Crippen molar-refractivity contribution in [3.63, 3.8) is 0 Å². The molecule has 38 heavy (non-hydrogen) atoms. The van der Waals surface area contributed by atoms with E-state index < -0.39 is 0 Å². The fourth-order valence-electron chi connectivity index (χ4n) is 4.61. The molecule has 1 fully saturated rings. The van der Waals surface area contributed by atoms with Gasteiger partial charge in [-0.25, -0.2) is 9.97 Å². The van der Waals surface area contributed by atoms with Crippen molar-refractivity contribution in [2.24, 2.45) is 0 Å². The fourth-order valence-corrected chi connectivity index (χ4v) is 5.06. The number of aliphatic hydroxyl groups excluding tert-OH is 1. The summed E-state index contributed by atoms with van der Waals surface area (Å²) in [6.45, 7) is 0.425. The molecule has 2 aromatic carbocycles. The summed E-state index contributed by atoms with van der Waals surface area (Å²) in [6.07, 6.45) is 4.42. The van der Waals surface area contributed by atoms with Crippen molar-refractivity contribution >= 4 is 56.8 Å². The number of ketones is 1. The Morgan fingerprint density at radius 2 is 2.05 bits per heavy atom. The van der Waals surface area contributed by atoms with Gasteiger partial charge in [-0.2, -0.15) is 0 Å². The first-order valence-corrected chi connectivity index (χ1v) is 12.8. The number of nitrogens with zero attached hydrogens (tertiary/aromatic N) is 2. The Balaban J connectivity index is 1.26. The quantitative estimate of drug-likeness (QED) is 0.210. The van der Waals surface area contributed by atoms with Gasteiger partial charge < -0.3 is 29.3 Å². The topological polar surface area (TPSA) is 123 Å². The summed E-state index contributed by atoms with van der Waals surface area (Å²) in [5, 5.41) is 14.5. The van der Waals surface area contributed by atoms with Crippen molar-refractivity contribution in [2.75, 3.05) is 18.5 Å². The third kappa shape index (κ3) is 4.69. The number of furan rings is 1. The Hall–Kier alpha value is -3.63. The van der Waals surface area contributed by atoms with E-state index >= 15 is 0 Å². The Labute approximate surface area is 226 Å². The second-order valence-electron chi connectivity index (χ2n) is 9.00. The number of para-hydroxylation sites is 1. The summed E-state index contributed by atoms with van der Waals surface area (Å²) >= 11 is 12.6. The highest BCUT2D eigenvalue weighted by Gasteiger charge is 2.25. The lowest BCUT2D eigenvalue weighted by Crippen LogP contribution is -2.36. The number of nitrogens with one attached hydrogen (secondary N) is 2. The maximum Gasteiger partial charge on any atom is 0.196 e. The summed E-state index contributed by atoms with van der Waals surface area (Å²) in [7, 11) is 0. The number of carbonyl (C=O) groups is 1. The van der Waals surface area contributed by atoms with Gasteiger partial charge in [0.25, 0.3) is 0 Å². The monoisotopic (exact) mass is 552 g/mol. The summed E-state index contributed by atoms with van der Waals surface area (Å²) < 4.78 is 17.2. The van der Waals surface area contributed by atoms with E-state index in [1.807, 2.05) is 12.1 Å². The van der Waals surface area contributed by atoms with Gasteiger partial charge in [0, 0.05) is 29.3 Å². The number of H-pyrrole nitrogens is 1. The Kier molecular flexibility index (Phi) is 6.67. The number of aromatic nitrogens is 3. The van der Waals surface area contributed by atoms with E-state index in [0.29, 0.717) is 51.7 Å². The first kappa shape index (κ1) is 24.7. The molecule has 1 saturated heterocycles. The van der Waals surface area contributed by atoms with Crippen LogP contribution in [-0.4, -0.2) is 51.2 Å². The molecule has 0 bridgehead atoms. The standard InChI is InChI=1S/C27H22Cl2N4O5/c28-20-9-16(37-21-3-1-2-14-8-22(29)38-25(14)21)6-7-18(20)24(35)19-10-30-26-23(19)27(32-13-31-26)33-15-4-5-17(11-34)36-12-15/h1-3,6-10,13,15,17,34H,4-5,11-12H2,(H2,30,31,32,33)/t15-,17+/m1/s1. The summed E-state index contributed by atoms with van der Waals surface area (Å²) in [5.74, 6) is 1.16. The maximum absolute atomic E-state index is 13.6. The number of halogens is 2. The van der Waals surface area contributed by atoms with E-state index in [-0.39, 0.29) is 34.8 Å². The maximum atomic E-state index is 13.6. The zero-order valence-corrected chi connectivity index (χ0v) is 21.4. The third-order valence-corrected chi connectivity index (χ3v) is 7.02. The second kappa shape index (κ2) is 10.3. The molecule has 11 heteroatoms. The van der Waals surface area contributed by atoms with Crippen molar-refractivity contribution in [1.29, 1.82) is 0 Å². The molecule has 3 N–H and O–H groups in total. The molecule has 1 aliphatic rings. The number of ether oxygens (including phenoxy) is 2. The molecule has 0 radical (unpaired) electrons. The normalized spacial score (nSPS) is 17.7. The van der Waals surface area contributed by atoms with Gasteiger partial charge in [0.2, 0.25) is 0 Å². The fraction of sp³-hybridized carbons (Fsp3) is 0.222. The van der Waals surface area contributed by atoms with Crippen LogP contribution >= 0.6 is 23.2 Å². The van der Waals surface area contributed by atoms with Crippen LogP contribution in [0, 0.1) is 0 Å². The van der Waals surface area contributed by atoms with E-state index in [1.54, 1.807) is 36.5 Å². The van der Waals surface area contributed by atoms with Crippen molar-refractivity contribution in [3.05, 3.63) is 76.4 Å². The zero-order valence-electron chi connectivity index (χ0n) is 19.9. The van der Waals surface area contributed by atoms with E-state index in [2.05, 4.69) is 20.3 Å². The Bertz CT molecular complexity index is 1640. The molecule has 3 aromatic heterocycles. The molecule has 5 aromatic rings. The lowest BCUT2D eigenvalue weighted by molar-refractivity contribution is -0.0224. The summed E-state index contributed by atoms with van der Waals surface area (Å²) in [5.41, 5.74) is 1.74. The number of aromatic amines is 1. The largest absolute Gasteiger partial charge is 0.453 e. The number of aliphatic hydroxyl groups is 1. The van der Waals surface area contributed by atoms with Crippen LogP contribution in [-0.2, 0) is 4.74 Å². The van der Waals surface area contributed by atoms with Crippen LogP contribution in [0.5, 0.6) is 11.5 Å². The van der Waals surface area contributed by atoms with Crippen LogP contribution in [0.1, 0.15) is 28.8 Å². The summed E-state index contributed by atoms with van der Waals surface area (Å²) in [4.78, 5) is 25.3. The van der Waals surface area contributed by atoms with Crippen LogP contribution in [0.3, 0.4) is 0 Å². The first-order chi connectivity index (χ1) is 18.5. The average molecular weight is 553 g/mol. The highest BCUT2D eigenvalue weighted by atomic mass is 35.5. The highest BCUT2D eigenvalue weighted by molar-refractivity contribution is 6.36. The molecule has 6 rings (SSSR count). The first-order valence-electron chi connectivity index (χ1n) is 12.0. The van der Waals surface area contributed by atoms with Crippen LogP contribution in [0.15, 0.2) is 59.4 Å². The van der Waals surface area contributed by atoms with Gasteiger partial charge in [-0.3, -0.25) is 4.79 Å². The zero-order chi connectivity index (χ0) is 26.2. The van der Waals surface area contributed by atoms with Crippen LogP contribution < -0.4 is 10.1 Å². The van der Waals surface area contributed by atoms with Gasteiger partial charge in [-0.1, -0.05) is 23.7 Å². The molecule has 0 saturated carbocycles. The van der Waals surface area contributed by atoms with Crippen molar-refractivity contribution in [1.82, 2.24) is 15.0 Å². The van der Waals surface area contributed by atoms with Gasteiger partial charge in [-0.15, -0.1) is 0 Å². The van der Waals surface area contributed by atoms with Crippen molar-refractivity contribution < 1.29 is 23.8 Å². The number of carbonyl (C=O) groups excluding carboxylic acids is 1. The van der Waals surface area contributed by atoms with E-state index in [4.69, 9.17) is 37.1 Å². The van der Waals surface area contributed by atoms with E-state index in [9.17, 15) is 9.90 Å². The molecule has 0 aliphatic carbocycles. The minimum Gasteiger partial charge on any atom is -0.453 e. The molecule has 194 valence electrons. The minimum atomic E-state index is -0.286. The summed E-state index contributed by atoms with van der Waals surface area (Å²) in [6, 6.07) is 12.0. The van der Waals surface area contributed by atoms with Crippen LogP contribution in [0.25, 0.3) is 22.0 Å².